The molecule has 0 unspecified atom stereocenters. The molecule has 1 amide bonds. The van der Waals surface area contributed by atoms with Gasteiger partial charge >= 0.3 is 0 Å². The maximum atomic E-state index is 13.4. The fraction of sp³-hybridized carbons (Fsp3) is 0.448. The number of likely N-dealkylation sites (tertiary alicyclic amines) is 1. The van der Waals surface area contributed by atoms with Gasteiger partial charge in [0.25, 0.3) is 11.7 Å². The van der Waals surface area contributed by atoms with E-state index in [0.29, 0.717) is 44.1 Å². The zero-order chi connectivity index (χ0) is 25.9. The second kappa shape index (κ2) is 10.9. The van der Waals surface area contributed by atoms with Gasteiger partial charge in [-0.05, 0) is 61.7 Å². The van der Waals surface area contributed by atoms with E-state index in [1.807, 2.05) is 50.2 Å². The Kier molecular flexibility index (Phi) is 7.48. The number of Topliss-reactive ketones (excluding diaryl/α,β-unsaturated/α-hetero) is 1. The highest BCUT2D eigenvalue weighted by Crippen LogP contribution is 2.41. The predicted molar refractivity (Wildman–Crippen MR) is 139 cm³/mol. The SMILES string of the molecule is CCOc1cccc([C@H]2C(=C(O)c3ccc4c(c3)C[C@H](C)O4)C(=O)C(=O)N2CCCN2CCOCC2)c1. The lowest BCUT2D eigenvalue weighted by Crippen LogP contribution is -2.38. The quantitative estimate of drug-likeness (QED) is 0.333. The Hall–Kier alpha value is -3.36. The van der Waals surface area contributed by atoms with Crippen molar-refractivity contribution in [2.24, 2.45) is 0 Å². The van der Waals surface area contributed by atoms with Crippen LogP contribution in [-0.2, 0) is 20.7 Å². The van der Waals surface area contributed by atoms with Gasteiger partial charge in [-0.1, -0.05) is 12.1 Å². The van der Waals surface area contributed by atoms with Gasteiger partial charge < -0.3 is 24.2 Å². The maximum Gasteiger partial charge on any atom is 0.295 e. The van der Waals surface area contributed by atoms with Crippen molar-refractivity contribution in [3.05, 3.63) is 64.7 Å². The second-order valence-corrected chi connectivity index (χ2v) is 9.76. The van der Waals surface area contributed by atoms with Crippen molar-refractivity contribution < 1.29 is 28.9 Å². The van der Waals surface area contributed by atoms with Crippen molar-refractivity contribution in [3.63, 3.8) is 0 Å². The van der Waals surface area contributed by atoms with Crippen LogP contribution in [0.4, 0.5) is 0 Å². The van der Waals surface area contributed by atoms with E-state index in [0.717, 1.165) is 42.9 Å². The number of fused-ring (bicyclic) bond motifs is 1. The minimum atomic E-state index is -0.700. The van der Waals surface area contributed by atoms with Crippen molar-refractivity contribution in [2.45, 2.75) is 38.8 Å². The molecule has 1 N–H and O–H groups in total. The van der Waals surface area contributed by atoms with Crippen LogP contribution in [0.3, 0.4) is 0 Å². The number of nitrogens with zero attached hydrogens (tertiary/aromatic N) is 2. The monoisotopic (exact) mass is 506 g/mol. The topological polar surface area (TPSA) is 88.5 Å². The average molecular weight is 507 g/mol. The zero-order valence-electron chi connectivity index (χ0n) is 21.4. The molecule has 196 valence electrons. The number of carbonyl (C=O) groups is 2. The second-order valence-electron chi connectivity index (χ2n) is 9.76. The molecular weight excluding hydrogens is 472 g/mol. The highest BCUT2D eigenvalue weighted by atomic mass is 16.5. The Balaban J connectivity index is 1.49. The van der Waals surface area contributed by atoms with Gasteiger partial charge in [-0.3, -0.25) is 14.5 Å². The highest BCUT2D eigenvalue weighted by molar-refractivity contribution is 6.46. The van der Waals surface area contributed by atoms with Crippen LogP contribution in [-0.4, -0.2) is 78.7 Å². The van der Waals surface area contributed by atoms with E-state index in [-0.39, 0.29) is 17.4 Å². The third-order valence-electron chi connectivity index (χ3n) is 7.17. The van der Waals surface area contributed by atoms with Gasteiger partial charge in [0.1, 0.15) is 23.4 Å². The molecule has 2 saturated heterocycles. The first-order valence-corrected chi connectivity index (χ1v) is 13.1. The van der Waals surface area contributed by atoms with Gasteiger partial charge in [-0.15, -0.1) is 0 Å². The zero-order valence-corrected chi connectivity index (χ0v) is 21.4. The number of hydrogen-bond donors (Lipinski definition) is 1. The summed E-state index contributed by atoms with van der Waals surface area (Å²) in [6.45, 7) is 8.74. The van der Waals surface area contributed by atoms with Crippen molar-refractivity contribution in [1.29, 1.82) is 0 Å². The Bertz CT molecular complexity index is 1200. The predicted octanol–water partition coefficient (Wildman–Crippen LogP) is 3.55. The van der Waals surface area contributed by atoms with Gasteiger partial charge in [0.05, 0.1) is 31.4 Å². The molecule has 2 aromatic carbocycles. The van der Waals surface area contributed by atoms with Crippen molar-refractivity contribution >= 4 is 17.4 Å². The van der Waals surface area contributed by atoms with Crippen molar-refractivity contribution in [3.8, 4) is 11.5 Å². The van der Waals surface area contributed by atoms with E-state index in [1.54, 1.807) is 11.0 Å². The van der Waals surface area contributed by atoms with Gasteiger partial charge in [0.15, 0.2) is 0 Å². The molecule has 2 atom stereocenters. The lowest BCUT2D eigenvalue weighted by atomic mass is 9.94. The number of ketones is 1. The average Bonchev–Trinajstić information content (AvgIpc) is 3.40. The van der Waals surface area contributed by atoms with Crippen LogP contribution in [0.15, 0.2) is 48.0 Å². The van der Waals surface area contributed by atoms with Crippen LogP contribution in [0.5, 0.6) is 11.5 Å². The number of carbonyl (C=O) groups excluding carboxylic acids is 2. The van der Waals surface area contributed by atoms with Gasteiger partial charge in [0.2, 0.25) is 0 Å². The molecule has 2 fully saturated rings. The summed E-state index contributed by atoms with van der Waals surface area (Å²) >= 11 is 0. The third-order valence-corrected chi connectivity index (χ3v) is 7.17. The van der Waals surface area contributed by atoms with E-state index in [4.69, 9.17) is 14.2 Å². The Labute approximate surface area is 217 Å². The summed E-state index contributed by atoms with van der Waals surface area (Å²) in [5, 5.41) is 11.4. The molecule has 3 aliphatic heterocycles. The largest absolute Gasteiger partial charge is 0.507 e. The maximum absolute atomic E-state index is 13.4. The molecule has 8 nitrogen and oxygen atoms in total. The molecule has 0 aromatic heterocycles. The molecular formula is C29H34N2O6. The molecule has 3 heterocycles. The summed E-state index contributed by atoms with van der Waals surface area (Å²) in [5.74, 6) is 0.0219. The summed E-state index contributed by atoms with van der Waals surface area (Å²) < 4.78 is 16.9. The van der Waals surface area contributed by atoms with Crippen LogP contribution in [0, 0.1) is 0 Å². The smallest absolute Gasteiger partial charge is 0.295 e. The van der Waals surface area contributed by atoms with Crippen LogP contribution < -0.4 is 9.47 Å². The third kappa shape index (κ3) is 5.22. The molecule has 5 rings (SSSR count). The molecule has 0 saturated carbocycles. The lowest BCUT2D eigenvalue weighted by molar-refractivity contribution is -0.140. The summed E-state index contributed by atoms with van der Waals surface area (Å²) in [4.78, 5) is 30.6. The molecule has 0 bridgehead atoms. The number of ether oxygens (including phenoxy) is 3. The molecule has 37 heavy (non-hydrogen) atoms. The molecule has 3 aliphatic rings. The minimum absolute atomic E-state index is 0.0609. The molecule has 0 aliphatic carbocycles. The summed E-state index contributed by atoms with van der Waals surface area (Å²) in [6, 6.07) is 12.1. The van der Waals surface area contributed by atoms with E-state index in [2.05, 4.69) is 4.90 Å². The standard InChI is InChI=1S/C29H34N2O6/c1-3-36-23-7-4-6-20(18-23)26-25(27(32)21-8-9-24-22(17-21)16-19(2)37-24)28(33)29(34)31(26)11-5-10-30-12-14-35-15-13-30/h4,6-9,17-19,26,32H,3,5,10-16H2,1-2H3/t19-,26-/m0/s1. The fourth-order valence-electron chi connectivity index (χ4n) is 5.41. The number of hydrogen-bond acceptors (Lipinski definition) is 7. The van der Waals surface area contributed by atoms with Crippen LogP contribution in [0.2, 0.25) is 0 Å². The van der Waals surface area contributed by atoms with Crippen LogP contribution in [0.1, 0.15) is 43.0 Å². The number of amides is 1. The minimum Gasteiger partial charge on any atom is -0.507 e. The summed E-state index contributed by atoms with van der Waals surface area (Å²) in [6.07, 6.45) is 1.50. The number of benzene rings is 2. The Morgan fingerprint density at radius 2 is 1.92 bits per heavy atom. The van der Waals surface area contributed by atoms with Gasteiger partial charge in [-0.25, -0.2) is 0 Å². The van der Waals surface area contributed by atoms with Crippen LogP contribution in [0.25, 0.3) is 5.76 Å². The van der Waals surface area contributed by atoms with E-state index in [1.165, 1.54) is 0 Å². The number of aliphatic hydroxyl groups excluding tert-OH is 1. The fourth-order valence-corrected chi connectivity index (χ4v) is 5.41. The molecule has 0 radical (unpaired) electrons. The van der Waals surface area contributed by atoms with E-state index in [9.17, 15) is 14.7 Å². The van der Waals surface area contributed by atoms with Gasteiger partial charge in [0, 0.05) is 38.2 Å². The normalized spacial score (nSPS) is 23.2. The van der Waals surface area contributed by atoms with E-state index < -0.39 is 17.7 Å². The summed E-state index contributed by atoms with van der Waals surface area (Å²) in [7, 11) is 0. The summed E-state index contributed by atoms with van der Waals surface area (Å²) in [5.41, 5.74) is 2.33. The first kappa shape index (κ1) is 25.3. The van der Waals surface area contributed by atoms with Crippen molar-refractivity contribution in [1.82, 2.24) is 9.80 Å². The van der Waals surface area contributed by atoms with Gasteiger partial charge in [-0.2, -0.15) is 0 Å². The number of aliphatic hydroxyl groups is 1. The Morgan fingerprint density at radius 1 is 1.11 bits per heavy atom. The molecule has 2 aromatic rings. The first-order chi connectivity index (χ1) is 18.0. The number of rotatable bonds is 8. The molecule has 0 spiro atoms. The lowest BCUT2D eigenvalue weighted by Gasteiger charge is -2.29. The molecule has 8 heteroatoms. The van der Waals surface area contributed by atoms with Crippen LogP contribution >= 0.6 is 0 Å². The number of morpholine rings is 1. The van der Waals surface area contributed by atoms with Crippen molar-refractivity contribution in [2.75, 3.05) is 46.0 Å². The Morgan fingerprint density at radius 3 is 2.70 bits per heavy atom. The van der Waals surface area contributed by atoms with E-state index >= 15 is 0 Å². The first-order valence-electron chi connectivity index (χ1n) is 13.1. The highest BCUT2D eigenvalue weighted by Gasteiger charge is 2.46.